The van der Waals surface area contributed by atoms with Gasteiger partial charge in [-0.15, -0.1) is 0 Å². The van der Waals surface area contributed by atoms with Crippen LogP contribution in [-0.2, 0) is 0 Å². The molecule has 7 aliphatic carbocycles. The maximum atomic E-state index is 2.62. The number of rotatable bonds is 2. The molecule has 0 amide bonds. The second-order valence-electron chi connectivity index (χ2n) is 16.6. The lowest BCUT2D eigenvalue weighted by Gasteiger charge is -2.37. The minimum atomic E-state index is 0.151. The van der Waals surface area contributed by atoms with Crippen LogP contribution in [0.3, 0.4) is 0 Å². The van der Waals surface area contributed by atoms with E-state index in [1.165, 1.54) is 79.2 Å². The lowest BCUT2D eigenvalue weighted by molar-refractivity contribution is 0.274. The van der Waals surface area contributed by atoms with E-state index in [1.807, 2.05) is 0 Å². The van der Waals surface area contributed by atoms with Crippen LogP contribution in [0, 0.1) is 16.7 Å². The van der Waals surface area contributed by atoms with Crippen LogP contribution in [0.5, 0.6) is 0 Å². The summed E-state index contributed by atoms with van der Waals surface area (Å²) in [6.07, 6.45) is 29.9. The van der Waals surface area contributed by atoms with E-state index in [1.54, 1.807) is 61.1 Å². The summed E-state index contributed by atoms with van der Waals surface area (Å²) in [6.45, 7) is 12.1. The lowest BCUT2D eigenvalue weighted by atomic mass is 9.68. The Morgan fingerprint density at radius 2 is 1.44 bits per heavy atom. The third-order valence-electron chi connectivity index (χ3n) is 12.7. The highest BCUT2D eigenvalue weighted by Gasteiger charge is 2.40. The van der Waals surface area contributed by atoms with Crippen LogP contribution < -0.4 is 10.4 Å². The second-order valence-corrected chi connectivity index (χ2v) is 16.6. The molecule has 0 radical (unpaired) electrons. The second kappa shape index (κ2) is 9.81. The Kier molecular flexibility index (Phi) is 6.08. The first-order valence-corrected chi connectivity index (χ1v) is 17.9. The molecule has 0 N–H and O–H groups in total. The van der Waals surface area contributed by atoms with Crippen LogP contribution in [0.15, 0.2) is 99.2 Å². The molecule has 0 heteroatoms. The van der Waals surface area contributed by atoms with Crippen LogP contribution in [0.1, 0.15) is 116 Å². The smallest absolute Gasteiger partial charge is 0.0152 e. The molecule has 7 aliphatic rings. The molecule has 45 heavy (non-hydrogen) atoms. The summed E-state index contributed by atoms with van der Waals surface area (Å²) in [5, 5.41) is 6.00. The standard InChI is InChI=1S/C45H48/c1-44(2,3)35-24-33-15-10-27-16-19-36(39-21-18-34(25-35)42(33)43(27)39)32-14-13-28-22-29(11-12-30(28)23-32)31-17-20-38-37-8-6-7-9-40(37)45(4,5)41(38)26-31/h7,9-10,15-16,19,21-24,26,34-35H,6,8,11-14,17-18,20,25H2,1-5H3. The van der Waals surface area contributed by atoms with Crippen molar-refractivity contribution in [1.29, 1.82) is 0 Å². The molecule has 0 saturated carbocycles. The Labute approximate surface area is 270 Å². The topological polar surface area (TPSA) is 0 Å². The molecular weight excluding hydrogens is 540 g/mol. The van der Waals surface area contributed by atoms with Crippen molar-refractivity contribution < 1.29 is 0 Å². The quantitative estimate of drug-likeness (QED) is 0.327. The number of hydrogen-bond donors (Lipinski definition) is 0. The summed E-state index contributed by atoms with van der Waals surface area (Å²) in [5.41, 5.74) is 18.2. The first kappa shape index (κ1) is 27.9. The third-order valence-corrected chi connectivity index (χ3v) is 12.7. The Morgan fingerprint density at radius 3 is 2.27 bits per heavy atom. The number of fused-ring (bicyclic) bond motifs is 1. The maximum absolute atomic E-state index is 2.62. The first-order valence-electron chi connectivity index (χ1n) is 17.9. The van der Waals surface area contributed by atoms with Crippen LogP contribution in [-0.4, -0.2) is 0 Å². The van der Waals surface area contributed by atoms with Gasteiger partial charge >= 0.3 is 0 Å². The molecule has 2 unspecified atom stereocenters. The van der Waals surface area contributed by atoms with Crippen molar-refractivity contribution in [3.8, 4) is 0 Å². The van der Waals surface area contributed by atoms with Gasteiger partial charge in [-0.2, -0.15) is 0 Å². The van der Waals surface area contributed by atoms with Crippen molar-refractivity contribution in [2.24, 2.45) is 16.7 Å². The molecular formula is C45H48. The summed E-state index contributed by atoms with van der Waals surface area (Å²) >= 11 is 0. The van der Waals surface area contributed by atoms with Gasteiger partial charge in [-0.25, -0.2) is 0 Å². The number of benzene rings is 2. The van der Waals surface area contributed by atoms with Gasteiger partial charge in [0.15, 0.2) is 0 Å². The minimum absolute atomic E-state index is 0.151. The summed E-state index contributed by atoms with van der Waals surface area (Å²) in [4.78, 5) is 0. The predicted octanol–water partition coefficient (Wildman–Crippen LogP) is 10.9. The normalized spacial score (nSPS) is 26.5. The molecule has 2 aromatic carbocycles. The Hall–Kier alpha value is -3.38. The fraction of sp³-hybridized carbons (Fsp3) is 0.422. The molecule has 0 spiro atoms. The number of allylic oxidation sites excluding steroid dienone is 14. The molecule has 0 aliphatic heterocycles. The van der Waals surface area contributed by atoms with E-state index in [9.17, 15) is 0 Å². The largest absolute Gasteiger partial charge is 0.0839 e. The van der Waals surface area contributed by atoms with Gasteiger partial charge < -0.3 is 0 Å². The van der Waals surface area contributed by atoms with E-state index < -0.39 is 0 Å². The highest BCUT2D eigenvalue weighted by Crippen LogP contribution is 2.55. The molecule has 0 bridgehead atoms. The maximum Gasteiger partial charge on any atom is 0.0152 e. The molecule has 9 rings (SSSR count). The van der Waals surface area contributed by atoms with Gasteiger partial charge in [0.05, 0.1) is 0 Å². The molecule has 0 fully saturated rings. The van der Waals surface area contributed by atoms with Gasteiger partial charge in [0.25, 0.3) is 0 Å². The zero-order chi connectivity index (χ0) is 30.7. The van der Waals surface area contributed by atoms with Gasteiger partial charge in [0.2, 0.25) is 0 Å². The van der Waals surface area contributed by atoms with Gasteiger partial charge in [-0.3, -0.25) is 0 Å². The van der Waals surface area contributed by atoms with Crippen molar-refractivity contribution in [3.05, 3.63) is 121 Å². The molecule has 0 nitrogen and oxygen atoms in total. The average Bonchev–Trinajstić information content (AvgIpc) is 3.28. The Morgan fingerprint density at radius 1 is 0.733 bits per heavy atom. The van der Waals surface area contributed by atoms with E-state index in [0.29, 0.717) is 17.3 Å². The van der Waals surface area contributed by atoms with Crippen LogP contribution >= 0.6 is 0 Å². The van der Waals surface area contributed by atoms with E-state index in [2.05, 4.69) is 101 Å². The minimum Gasteiger partial charge on any atom is -0.0839 e. The van der Waals surface area contributed by atoms with Gasteiger partial charge in [0, 0.05) is 5.41 Å². The SMILES string of the molecule is CC1(C)C2=C(CCC=C2)C2=C1C=C(C1=CC3=C(C=C(c4ccc5ccc6c7c5c4=CCC7CC(C(C)(C)C)C=6)CC3)CC1)CC2. The highest BCUT2D eigenvalue weighted by molar-refractivity contribution is 5.93. The molecule has 0 aromatic heterocycles. The van der Waals surface area contributed by atoms with Crippen LogP contribution in [0.25, 0.3) is 28.5 Å². The summed E-state index contributed by atoms with van der Waals surface area (Å²) in [5.74, 6) is 1.30. The summed E-state index contributed by atoms with van der Waals surface area (Å²) in [6, 6.07) is 9.65. The highest BCUT2D eigenvalue weighted by atomic mass is 14.4. The van der Waals surface area contributed by atoms with E-state index in [-0.39, 0.29) is 5.41 Å². The summed E-state index contributed by atoms with van der Waals surface area (Å²) in [7, 11) is 0. The van der Waals surface area contributed by atoms with Crippen molar-refractivity contribution in [1.82, 2.24) is 0 Å². The molecule has 228 valence electrons. The van der Waals surface area contributed by atoms with E-state index in [0.717, 1.165) is 6.42 Å². The third kappa shape index (κ3) is 4.23. The molecule has 0 heterocycles. The fourth-order valence-electron chi connectivity index (χ4n) is 10.1. The molecule has 2 atom stereocenters. The molecule has 0 saturated heterocycles. The zero-order valence-corrected chi connectivity index (χ0v) is 28.1. The van der Waals surface area contributed by atoms with Gasteiger partial charge in [0.1, 0.15) is 0 Å². The lowest BCUT2D eigenvalue weighted by Crippen LogP contribution is -2.33. The van der Waals surface area contributed by atoms with Crippen LogP contribution in [0.4, 0.5) is 0 Å². The monoisotopic (exact) mass is 588 g/mol. The van der Waals surface area contributed by atoms with Crippen molar-refractivity contribution >= 4 is 28.5 Å². The Bertz CT molecular complexity index is 2050. The average molecular weight is 589 g/mol. The van der Waals surface area contributed by atoms with Crippen molar-refractivity contribution in [2.75, 3.05) is 0 Å². The van der Waals surface area contributed by atoms with E-state index in [4.69, 9.17) is 0 Å². The Balaban J connectivity index is 1.07. The van der Waals surface area contributed by atoms with E-state index >= 15 is 0 Å². The predicted molar refractivity (Wildman–Crippen MR) is 192 cm³/mol. The van der Waals surface area contributed by atoms with Gasteiger partial charge in [-0.05, 0) is 164 Å². The van der Waals surface area contributed by atoms with Crippen LogP contribution in [0.2, 0.25) is 0 Å². The van der Waals surface area contributed by atoms with Crippen molar-refractivity contribution in [3.63, 3.8) is 0 Å². The van der Waals surface area contributed by atoms with Crippen molar-refractivity contribution in [2.45, 2.75) is 105 Å². The molecule has 2 aromatic rings. The van der Waals surface area contributed by atoms with Gasteiger partial charge in [-0.1, -0.05) is 101 Å². The first-order chi connectivity index (χ1) is 21.7. The zero-order valence-electron chi connectivity index (χ0n) is 28.1. The fourth-order valence-corrected chi connectivity index (χ4v) is 10.1. The summed E-state index contributed by atoms with van der Waals surface area (Å²) < 4.78 is 0. The number of hydrogen-bond acceptors (Lipinski definition) is 0.